The summed E-state index contributed by atoms with van der Waals surface area (Å²) in [5.41, 5.74) is 5.98. The molecule has 2 rings (SSSR count). The number of aliphatic hydroxyl groups is 1. The van der Waals surface area contributed by atoms with Gasteiger partial charge >= 0.3 is 11.9 Å². The van der Waals surface area contributed by atoms with Crippen molar-refractivity contribution in [2.24, 2.45) is 11.7 Å². The fourth-order valence-corrected chi connectivity index (χ4v) is 2.75. The summed E-state index contributed by atoms with van der Waals surface area (Å²) in [5, 5.41) is 25.5. The molecule has 1 aliphatic carbocycles. The summed E-state index contributed by atoms with van der Waals surface area (Å²) in [6, 6.07) is -0.532. The minimum atomic E-state index is -1.26. The number of carbonyl (C=O) groups is 3. The van der Waals surface area contributed by atoms with Crippen molar-refractivity contribution in [1.29, 1.82) is 0 Å². The number of carboxylic acid groups (broad SMARTS) is 2. The second kappa shape index (κ2) is 9.84. The van der Waals surface area contributed by atoms with Gasteiger partial charge in [0, 0.05) is 31.2 Å². The highest BCUT2D eigenvalue weighted by atomic mass is 16.4. The SMILES string of the molecule is N[C@@H](C(=O)N1CC=CC1)[C@@H]1CCCC[C@H]1O.O=C(O)/C=C/C(=O)O. The van der Waals surface area contributed by atoms with Crippen LogP contribution in [0.4, 0.5) is 0 Å². The molecule has 1 aliphatic heterocycles. The summed E-state index contributed by atoms with van der Waals surface area (Å²) in [4.78, 5) is 32.9. The highest BCUT2D eigenvalue weighted by molar-refractivity contribution is 5.89. The van der Waals surface area contributed by atoms with E-state index in [2.05, 4.69) is 0 Å². The molecule has 3 atom stereocenters. The van der Waals surface area contributed by atoms with Gasteiger partial charge in [-0.2, -0.15) is 0 Å². The molecule has 1 saturated carbocycles. The van der Waals surface area contributed by atoms with Gasteiger partial charge in [0.2, 0.25) is 5.91 Å². The lowest BCUT2D eigenvalue weighted by atomic mass is 9.81. The lowest BCUT2D eigenvalue weighted by molar-refractivity contribution is -0.134. The smallest absolute Gasteiger partial charge is 0.328 e. The zero-order chi connectivity index (χ0) is 18.1. The van der Waals surface area contributed by atoms with E-state index < -0.39 is 24.1 Å². The molecular formula is C16H24N2O6. The Morgan fingerprint density at radius 1 is 1.04 bits per heavy atom. The number of aliphatic hydroxyl groups excluding tert-OH is 1. The molecule has 1 fully saturated rings. The minimum Gasteiger partial charge on any atom is -0.478 e. The third kappa shape index (κ3) is 6.51. The summed E-state index contributed by atoms with van der Waals surface area (Å²) < 4.78 is 0. The second-order valence-corrected chi connectivity index (χ2v) is 5.77. The molecular weight excluding hydrogens is 316 g/mol. The van der Waals surface area contributed by atoms with Gasteiger partial charge < -0.3 is 26.0 Å². The topological polar surface area (TPSA) is 141 Å². The fourth-order valence-electron chi connectivity index (χ4n) is 2.75. The van der Waals surface area contributed by atoms with E-state index in [0.717, 1.165) is 25.7 Å². The number of amides is 1. The molecule has 2 aliphatic rings. The number of nitrogens with zero attached hydrogens (tertiary/aromatic N) is 1. The number of carboxylic acids is 2. The Morgan fingerprint density at radius 2 is 1.54 bits per heavy atom. The van der Waals surface area contributed by atoms with Crippen LogP contribution >= 0.6 is 0 Å². The predicted molar refractivity (Wildman–Crippen MR) is 86.1 cm³/mol. The van der Waals surface area contributed by atoms with Crippen LogP contribution in [0.15, 0.2) is 24.3 Å². The third-order valence-electron chi connectivity index (χ3n) is 4.03. The Kier molecular flexibility index (Phi) is 8.14. The van der Waals surface area contributed by atoms with Crippen LogP contribution in [-0.4, -0.2) is 63.3 Å². The first kappa shape index (κ1) is 19.9. The molecule has 0 saturated heterocycles. The molecule has 1 amide bonds. The van der Waals surface area contributed by atoms with Gasteiger partial charge in [-0.15, -0.1) is 0 Å². The molecule has 5 N–H and O–H groups in total. The first-order valence-corrected chi connectivity index (χ1v) is 7.84. The molecule has 0 spiro atoms. The zero-order valence-electron chi connectivity index (χ0n) is 13.4. The third-order valence-corrected chi connectivity index (χ3v) is 4.03. The van der Waals surface area contributed by atoms with Crippen molar-refractivity contribution >= 4 is 17.8 Å². The van der Waals surface area contributed by atoms with E-state index >= 15 is 0 Å². The first-order chi connectivity index (χ1) is 11.3. The van der Waals surface area contributed by atoms with Gasteiger partial charge in [-0.1, -0.05) is 25.0 Å². The van der Waals surface area contributed by atoms with E-state index in [0.29, 0.717) is 25.2 Å². The molecule has 24 heavy (non-hydrogen) atoms. The van der Waals surface area contributed by atoms with Gasteiger partial charge in [-0.3, -0.25) is 4.79 Å². The normalized spacial score (nSPS) is 24.3. The molecule has 0 aromatic rings. The van der Waals surface area contributed by atoms with Gasteiger partial charge in [-0.05, 0) is 12.8 Å². The molecule has 0 aromatic carbocycles. The van der Waals surface area contributed by atoms with Crippen molar-refractivity contribution in [3.63, 3.8) is 0 Å². The van der Waals surface area contributed by atoms with Crippen LogP contribution in [0.1, 0.15) is 25.7 Å². The summed E-state index contributed by atoms with van der Waals surface area (Å²) in [5.74, 6) is -2.59. The Morgan fingerprint density at radius 3 is 2.00 bits per heavy atom. The quantitative estimate of drug-likeness (QED) is 0.416. The maximum absolute atomic E-state index is 12.0. The van der Waals surface area contributed by atoms with Crippen LogP contribution in [0.5, 0.6) is 0 Å². The Balaban J connectivity index is 0.000000307. The second-order valence-electron chi connectivity index (χ2n) is 5.77. The van der Waals surface area contributed by atoms with Gasteiger partial charge in [0.05, 0.1) is 12.1 Å². The number of carbonyl (C=O) groups excluding carboxylic acids is 1. The van der Waals surface area contributed by atoms with Crippen LogP contribution in [0.3, 0.4) is 0 Å². The van der Waals surface area contributed by atoms with Crippen molar-refractivity contribution in [2.45, 2.75) is 37.8 Å². The molecule has 8 nitrogen and oxygen atoms in total. The van der Waals surface area contributed by atoms with Crippen LogP contribution in [0.2, 0.25) is 0 Å². The standard InChI is InChI=1S/C12H20N2O2.C4H4O4/c13-11(9-5-1-2-6-10(9)15)12(16)14-7-3-4-8-14;5-3(6)1-2-4(7)8/h3-4,9-11,15H,1-2,5-8,13H2;1-2H,(H,5,6)(H,7,8)/b;2-1+/t9-,10-,11-;/m1./s1. The lowest BCUT2D eigenvalue weighted by Crippen LogP contribution is -2.51. The van der Waals surface area contributed by atoms with Crippen molar-refractivity contribution in [3.05, 3.63) is 24.3 Å². The molecule has 0 bridgehead atoms. The molecule has 134 valence electrons. The number of hydrogen-bond acceptors (Lipinski definition) is 5. The average molecular weight is 340 g/mol. The zero-order valence-corrected chi connectivity index (χ0v) is 13.4. The Labute approximate surface area is 140 Å². The van der Waals surface area contributed by atoms with E-state index in [1.807, 2.05) is 12.2 Å². The largest absolute Gasteiger partial charge is 0.478 e. The maximum Gasteiger partial charge on any atom is 0.328 e. The van der Waals surface area contributed by atoms with Gasteiger partial charge in [0.25, 0.3) is 0 Å². The molecule has 1 heterocycles. The van der Waals surface area contributed by atoms with E-state index in [9.17, 15) is 19.5 Å². The van der Waals surface area contributed by atoms with Crippen LogP contribution in [0.25, 0.3) is 0 Å². The summed E-state index contributed by atoms with van der Waals surface area (Å²) in [6.45, 7) is 1.32. The summed E-state index contributed by atoms with van der Waals surface area (Å²) in [7, 11) is 0. The Bertz CT molecular complexity index is 493. The van der Waals surface area contributed by atoms with Gasteiger partial charge in [0.1, 0.15) is 0 Å². The highest BCUT2D eigenvalue weighted by Crippen LogP contribution is 2.27. The minimum absolute atomic E-state index is 0.0176. The van der Waals surface area contributed by atoms with E-state index in [1.165, 1.54) is 0 Å². The molecule has 8 heteroatoms. The van der Waals surface area contributed by atoms with Crippen molar-refractivity contribution in [2.75, 3.05) is 13.1 Å². The maximum atomic E-state index is 12.0. The van der Waals surface area contributed by atoms with Crippen molar-refractivity contribution in [3.8, 4) is 0 Å². The van der Waals surface area contributed by atoms with Gasteiger partial charge in [-0.25, -0.2) is 9.59 Å². The molecule has 0 unspecified atom stereocenters. The van der Waals surface area contributed by atoms with Crippen LogP contribution in [0, 0.1) is 5.92 Å². The van der Waals surface area contributed by atoms with Crippen LogP contribution in [-0.2, 0) is 14.4 Å². The lowest BCUT2D eigenvalue weighted by Gasteiger charge is -2.33. The van der Waals surface area contributed by atoms with Crippen molar-refractivity contribution < 1.29 is 29.7 Å². The number of rotatable bonds is 4. The van der Waals surface area contributed by atoms with Crippen LogP contribution < -0.4 is 5.73 Å². The Hall–Kier alpha value is -2.19. The first-order valence-electron chi connectivity index (χ1n) is 7.84. The van der Waals surface area contributed by atoms with E-state index in [4.69, 9.17) is 15.9 Å². The predicted octanol–water partition coefficient (Wildman–Crippen LogP) is -0.0250. The molecule has 0 radical (unpaired) electrons. The van der Waals surface area contributed by atoms with E-state index in [1.54, 1.807) is 4.90 Å². The molecule has 0 aromatic heterocycles. The summed E-state index contributed by atoms with van der Waals surface area (Å²) >= 11 is 0. The number of nitrogens with two attached hydrogens (primary N) is 1. The number of hydrogen-bond donors (Lipinski definition) is 4. The average Bonchev–Trinajstić information content (AvgIpc) is 3.07. The summed E-state index contributed by atoms with van der Waals surface area (Å²) in [6.07, 6.45) is 8.43. The van der Waals surface area contributed by atoms with Crippen molar-refractivity contribution in [1.82, 2.24) is 4.90 Å². The number of aliphatic carboxylic acids is 2. The van der Waals surface area contributed by atoms with Gasteiger partial charge in [0.15, 0.2) is 0 Å². The fraction of sp³-hybridized carbons (Fsp3) is 0.562. The monoisotopic (exact) mass is 340 g/mol. The highest BCUT2D eigenvalue weighted by Gasteiger charge is 2.34. The van der Waals surface area contributed by atoms with E-state index in [-0.39, 0.29) is 11.8 Å².